The molecule has 1 fully saturated rings. The van der Waals surface area contributed by atoms with Gasteiger partial charge in [-0.3, -0.25) is 9.48 Å². The highest BCUT2D eigenvalue weighted by Crippen LogP contribution is 2.23. The van der Waals surface area contributed by atoms with Crippen molar-refractivity contribution in [1.29, 1.82) is 0 Å². The number of nitrogens with one attached hydrogen (secondary N) is 2. The van der Waals surface area contributed by atoms with E-state index in [0.29, 0.717) is 23.6 Å². The predicted molar refractivity (Wildman–Crippen MR) is 110 cm³/mol. The number of hydrogen-bond acceptors (Lipinski definition) is 6. The van der Waals surface area contributed by atoms with E-state index < -0.39 is 0 Å². The van der Waals surface area contributed by atoms with Gasteiger partial charge in [-0.2, -0.15) is 5.10 Å². The molecule has 1 aliphatic rings. The normalized spacial score (nSPS) is 19.2. The molecular formula is C21H26N6O2. The molecule has 0 saturated heterocycles. The Balaban J connectivity index is 1.49. The predicted octanol–water partition coefficient (Wildman–Crippen LogP) is 2.49. The summed E-state index contributed by atoms with van der Waals surface area (Å²) in [5.41, 5.74) is 2.11. The van der Waals surface area contributed by atoms with E-state index in [0.717, 1.165) is 43.2 Å². The monoisotopic (exact) mass is 394 g/mol. The Kier molecular flexibility index (Phi) is 5.71. The molecule has 2 aromatic heterocycles. The summed E-state index contributed by atoms with van der Waals surface area (Å²) in [7, 11) is 0. The van der Waals surface area contributed by atoms with E-state index in [1.54, 1.807) is 18.5 Å². The fourth-order valence-corrected chi connectivity index (χ4v) is 3.66. The molecule has 4 rings (SSSR count). The number of aryl methyl sites for hydroxylation is 1. The Morgan fingerprint density at radius 1 is 1.24 bits per heavy atom. The minimum atomic E-state index is -0.203. The van der Waals surface area contributed by atoms with Crippen molar-refractivity contribution < 1.29 is 9.90 Å². The van der Waals surface area contributed by atoms with E-state index in [1.165, 1.54) is 0 Å². The number of nitrogens with zero attached hydrogens (tertiary/aromatic N) is 4. The van der Waals surface area contributed by atoms with Crippen LogP contribution in [-0.4, -0.2) is 42.9 Å². The number of aliphatic hydroxyl groups excluding tert-OH is 1. The Hall–Kier alpha value is -3.00. The SMILES string of the molecule is CCn1cc(CNC(=O)c2cccc3cnc(N[C@H]4CC[C@H](O)CC4)nc23)cn1. The maximum Gasteiger partial charge on any atom is 0.253 e. The van der Waals surface area contributed by atoms with Gasteiger partial charge in [-0.1, -0.05) is 12.1 Å². The first-order chi connectivity index (χ1) is 14.1. The molecule has 1 amide bonds. The molecule has 2 heterocycles. The topological polar surface area (TPSA) is 105 Å². The highest BCUT2D eigenvalue weighted by molar-refractivity contribution is 6.05. The van der Waals surface area contributed by atoms with Crippen LogP contribution in [0.3, 0.4) is 0 Å². The second-order valence-corrected chi connectivity index (χ2v) is 7.47. The number of anilines is 1. The summed E-state index contributed by atoms with van der Waals surface area (Å²) in [5, 5.41) is 21.0. The van der Waals surface area contributed by atoms with Crippen LogP contribution < -0.4 is 10.6 Å². The van der Waals surface area contributed by atoms with Crippen LogP contribution in [0.15, 0.2) is 36.8 Å². The van der Waals surface area contributed by atoms with Crippen molar-refractivity contribution in [2.24, 2.45) is 0 Å². The van der Waals surface area contributed by atoms with Crippen molar-refractivity contribution in [2.75, 3.05) is 5.32 Å². The number of hydrogen-bond donors (Lipinski definition) is 3. The Bertz CT molecular complexity index is 994. The van der Waals surface area contributed by atoms with Crippen LogP contribution >= 0.6 is 0 Å². The molecule has 1 aromatic carbocycles. The second kappa shape index (κ2) is 8.57. The van der Waals surface area contributed by atoms with Gasteiger partial charge in [-0.05, 0) is 38.7 Å². The van der Waals surface area contributed by atoms with Crippen molar-refractivity contribution >= 4 is 22.8 Å². The zero-order valence-corrected chi connectivity index (χ0v) is 16.5. The van der Waals surface area contributed by atoms with Gasteiger partial charge in [0.15, 0.2) is 0 Å². The Labute approximate surface area is 169 Å². The van der Waals surface area contributed by atoms with Gasteiger partial charge in [-0.25, -0.2) is 9.97 Å². The summed E-state index contributed by atoms with van der Waals surface area (Å²) in [5.74, 6) is 0.341. The van der Waals surface area contributed by atoms with Crippen molar-refractivity contribution in [1.82, 2.24) is 25.1 Å². The molecule has 0 bridgehead atoms. The minimum absolute atomic E-state index is 0.176. The summed E-state index contributed by atoms with van der Waals surface area (Å²) in [6, 6.07) is 5.76. The number of para-hydroxylation sites is 1. The van der Waals surface area contributed by atoms with E-state index in [1.807, 2.05) is 29.9 Å². The van der Waals surface area contributed by atoms with Gasteiger partial charge in [0.25, 0.3) is 5.91 Å². The number of carbonyl (C=O) groups is 1. The van der Waals surface area contributed by atoms with Crippen LogP contribution in [0.4, 0.5) is 5.95 Å². The quantitative estimate of drug-likeness (QED) is 0.593. The molecule has 3 aromatic rings. The van der Waals surface area contributed by atoms with Gasteiger partial charge in [-0.15, -0.1) is 0 Å². The molecule has 0 aliphatic heterocycles. The largest absolute Gasteiger partial charge is 0.393 e. The van der Waals surface area contributed by atoms with Crippen LogP contribution in [0.5, 0.6) is 0 Å². The molecule has 1 aliphatic carbocycles. The maximum atomic E-state index is 12.8. The number of amides is 1. The average Bonchev–Trinajstić information content (AvgIpc) is 3.21. The van der Waals surface area contributed by atoms with Gasteiger partial charge in [0.1, 0.15) is 0 Å². The number of carbonyl (C=O) groups excluding carboxylic acids is 1. The van der Waals surface area contributed by atoms with Crippen LogP contribution in [0, 0.1) is 0 Å². The average molecular weight is 394 g/mol. The smallest absolute Gasteiger partial charge is 0.253 e. The van der Waals surface area contributed by atoms with E-state index in [4.69, 9.17) is 0 Å². The van der Waals surface area contributed by atoms with Gasteiger partial charge in [0, 0.05) is 42.5 Å². The van der Waals surface area contributed by atoms with Crippen molar-refractivity contribution in [3.63, 3.8) is 0 Å². The first-order valence-corrected chi connectivity index (χ1v) is 10.1. The Morgan fingerprint density at radius 2 is 2.07 bits per heavy atom. The van der Waals surface area contributed by atoms with Crippen LogP contribution in [0.25, 0.3) is 10.9 Å². The van der Waals surface area contributed by atoms with Crippen molar-refractivity contribution in [3.8, 4) is 0 Å². The van der Waals surface area contributed by atoms with Gasteiger partial charge in [0.2, 0.25) is 5.95 Å². The lowest BCUT2D eigenvalue weighted by molar-refractivity contribution is 0.0952. The lowest BCUT2D eigenvalue weighted by atomic mass is 9.93. The van der Waals surface area contributed by atoms with Gasteiger partial charge >= 0.3 is 0 Å². The summed E-state index contributed by atoms with van der Waals surface area (Å²) >= 11 is 0. The van der Waals surface area contributed by atoms with Gasteiger partial charge in [0.05, 0.1) is 23.4 Å². The van der Waals surface area contributed by atoms with E-state index in [2.05, 4.69) is 25.7 Å². The van der Waals surface area contributed by atoms with Crippen LogP contribution in [-0.2, 0) is 13.1 Å². The van der Waals surface area contributed by atoms with E-state index >= 15 is 0 Å². The number of fused-ring (bicyclic) bond motifs is 1. The van der Waals surface area contributed by atoms with Gasteiger partial charge < -0.3 is 15.7 Å². The molecule has 0 unspecified atom stereocenters. The fourth-order valence-electron chi connectivity index (χ4n) is 3.66. The molecule has 29 heavy (non-hydrogen) atoms. The molecule has 3 N–H and O–H groups in total. The highest BCUT2D eigenvalue weighted by atomic mass is 16.3. The molecule has 0 radical (unpaired) electrons. The zero-order valence-electron chi connectivity index (χ0n) is 16.5. The molecule has 8 nitrogen and oxygen atoms in total. The number of aromatic nitrogens is 4. The third kappa shape index (κ3) is 4.54. The van der Waals surface area contributed by atoms with Crippen molar-refractivity contribution in [3.05, 3.63) is 47.9 Å². The zero-order chi connectivity index (χ0) is 20.2. The number of rotatable bonds is 6. The molecular weight excluding hydrogens is 368 g/mol. The number of benzene rings is 1. The second-order valence-electron chi connectivity index (χ2n) is 7.47. The summed E-state index contributed by atoms with van der Waals surface area (Å²) in [4.78, 5) is 21.8. The lowest BCUT2D eigenvalue weighted by Crippen LogP contribution is -2.29. The molecule has 1 saturated carbocycles. The molecule has 152 valence electrons. The van der Waals surface area contributed by atoms with E-state index in [-0.39, 0.29) is 18.1 Å². The minimum Gasteiger partial charge on any atom is -0.393 e. The molecule has 0 spiro atoms. The fraction of sp³-hybridized carbons (Fsp3) is 0.429. The third-order valence-corrected chi connectivity index (χ3v) is 5.35. The summed E-state index contributed by atoms with van der Waals surface area (Å²) in [6.07, 6.45) is 8.57. The summed E-state index contributed by atoms with van der Waals surface area (Å²) in [6.45, 7) is 3.23. The lowest BCUT2D eigenvalue weighted by Gasteiger charge is -2.26. The van der Waals surface area contributed by atoms with Crippen molar-refractivity contribution in [2.45, 2.75) is 57.8 Å². The maximum absolute atomic E-state index is 12.8. The van der Waals surface area contributed by atoms with Crippen LogP contribution in [0.1, 0.15) is 48.5 Å². The summed E-state index contributed by atoms with van der Waals surface area (Å²) < 4.78 is 1.83. The standard InChI is InChI=1S/C21H26N6O2/c1-2-27-13-14(11-24-27)10-22-20(29)18-5-3-4-15-12-23-21(26-19(15)18)25-16-6-8-17(28)9-7-16/h3-5,11-13,16-17,28H,2,6-10H2,1H3,(H,22,29)(H,23,25,26)/t16-,17-. The first kappa shape index (κ1) is 19.3. The first-order valence-electron chi connectivity index (χ1n) is 10.1. The molecule has 0 atom stereocenters. The third-order valence-electron chi connectivity index (χ3n) is 5.35. The Morgan fingerprint density at radius 3 is 2.83 bits per heavy atom. The molecule has 8 heteroatoms. The van der Waals surface area contributed by atoms with E-state index in [9.17, 15) is 9.90 Å². The van der Waals surface area contributed by atoms with Crippen LogP contribution in [0.2, 0.25) is 0 Å². The number of aliphatic hydroxyl groups is 1. The highest BCUT2D eigenvalue weighted by Gasteiger charge is 2.20.